The van der Waals surface area contributed by atoms with E-state index in [4.69, 9.17) is 18.3 Å². The number of phosphoric acid groups is 1. The molecule has 2 aromatic carbocycles. The fraction of sp³-hybridized carbons (Fsp3) is 0.419. The molecule has 1 amide bonds. The van der Waals surface area contributed by atoms with Crippen molar-refractivity contribution in [3.05, 3.63) is 66.4 Å². The number of ether oxygens (including phenoxy) is 1. The molecule has 2 aromatic heterocycles. The van der Waals surface area contributed by atoms with Gasteiger partial charge in [-0.05, 0) is 49.7 Å². The topological polar surface area (TPSA) is 153 Å². The van der Waals surface area contributed by atoms with E-state index in [-0.39, 0.29) is 18.9 Å². The Morgan fingerprint density at radius 2 is 1.87 bits per heavy atom. The molecule has 4 aromatic rings. The number of carbonyl (C=O) groups excluding carboxylic acids is 1. The molecule has 0 fully saturated rings. The van der Waals surface area contributed by atoms with Gasteiger partial charge in [-0.2, -0.15) is 5.10 Å². The number of hydrogen-bond donors (Lipinski definition) is 3. The number of rotatable bonds is 20. The van der Waals surface area contributed by atoms with Crippen molar-refractivity contribution < 1.29 is 32.1 Å². The highest BCUT2D eigenvalue weighted by atomic mass is 31.2. The van der Waals surface area contributed by atoms with Crippen molar-refractivity contribution >= 4 is 42.0 Å². The number of unbranched alkanes of at least 4 members (excludes halogenated alkanes) is 1. The molecule has 0 saturated carbocycles. The first-order valence-corrected chi connectivity index (χ1v) is 16.7. The van der Waals surface area contributed by atoms with Crippen LogP contribution >= 0.6 is 7.82 Å². The number of carbonyl (C=O) groups is 1. The Morgan fingerprint density at radius 1 is 1.02 bits per heavy atom. The van der Waals surface area contributed by atoms with Gasteiger partial charge in [0.05, 0.1) is 31.8 Å². The zero-order valence-corrected chi connectivity index (χ0v) is 27.2. The Bertz CT molecular complexity index is 1610. The van der Waals surface area contributed by atoms with Crippen molar-refractivity contribution in [1.82, 2.24) is 25.1 Å². The molecule has 1 unspecified atom stereocenters. The summed E-state index contributed by atoms with van der Waals surface area (Å²) in [6, 6.07) is 13.0. The number of aromatic nitrogens is 4. The van der Waals surface area contributed by atoms with Crippen molar-refractivity contribution in [2.24, 2.45) is 0 Å². The van der Waals surface area contributed by atoms with Crippen LogP contribution in [0.5, 0.6) is 5.75 Å². The van der Waals surface area contributed by atoms with Crippen LogP contribution in [0.2, 0.25) is 0 Å². The van der Waals surface area contributed by atoms with Crippen LogP contribution in [-0.4, -0.2) is 77.5 Å². The maximum Gasteiger partial charge on any atom is 0.474 e. The largest absolute Gasteiger partial charge is 0.493 e. The molecule has 46 heavy (non-hydrogen) atoms. The van der Waals surface area contributed by atoms with Crippen LogP contribution in [0.3, 0.4) is 0 Å². The number of halogens is 1. The van der Waals surface area contributed by atoms with Gasteiger partial charge in [-0.15, -0.1) is 0 Å². The van der Waals surface area contributed by atoms with E-state index in [0.717, 1.165) is 37.7 Å². The van der Waals surface area contributed by atoms with Crippen LogP contribution in [0.1, 0.15) is 38.8 Å². The monoisotopic (exact) mass is 657 g/mol. The van der Waals surface area contributed by atoms with Crippen molar-refractivity contribution in [3.8, 4) is 5.75 Å². The first-order chi connectivity index (χ1) is 22.3. The molecule has 15 heteroatoms. The summed E-state index contributed by atoms with van der Waals surface area (Å²) in [5.41, 5.74) is 1.65. The van der Waals surface area contributed by atoms with E-state index < -0.39 is 13.6 Å². The van der Waals surface area contributed by atoms with E-state index in [2.05, 4.69) is 42.6 Å². The lowest BCUT2D eigenvalue weighted by molar-refractivity contribution is -0.115. The van der Waals surface area contributed by atoms with Crippen LogP contribution in [-0.2, 0) is 29.4 Å². The molecule has 0 bridgehead atoms. The highest BCUT2D eigenvalue weighted by molar-refractivity contribution is 7.48. The van der Waals surface area contributed by atoms with Crippen molar-refractivity contribution in [2.45, 2.75) is 39.5 Å². The second kappa shape index (κ2) is 17.7. The van der Waals surface area contributed by atoms with Crippen LogP contribution in [0, 0.1) is 5.82 Å². The highest BCUT2D eigenvalue weighted by Crippen LogP contribution is 2.48. The number of nitrogens with zero attached hydrogens (tertiary/aromatic N) is 4. The normalized spacial score (nSPS) is 12.7. The summed E-state index contributed by atoms with van der Waals surface area (Å²) in [5, 5.41) is 13.7. The van der Waals surface area contributed by atoms with Gasteiger partial charge in [0.1, 0.15) is 23.7 Å². The van der Waals surface area contributed by atoms with Gasteiger partial charge in [-0.1, -0.05) is 26.3 Å². The van der Waals surface area contributed by atoms with Crippen molar-refractivity contribution in [1.29, 1.82) is 0 Å². The Labute approximate surface area is 267 Å². The SMILES string of the molecule is CCCCOP(=O)(OC)OCCN(CC)CCCOc1ccc2c(Nc3cc(CC(=O)Nc4cccc(F)c4)[nH]n3)ncnc2c1. The van der Waals surface area contributed by atoms with E-state index in [1.807, 2.05) is 25.1 Å². The molecule has 0 spiro atoms. The third-order valence-electron chi connectivity index (χ3n) is 6.91. The highest BCUT2D eigenvalue weighted by Gasteiger charge is 2.24. The molecule has 248 valence electrons. The fourth-order valence-electron chi connectivity index (χ4n) is 4.46. The summed E-state index contributed by atoms with van der Waals surface area (Å²) in [4.78, 5) is 23.3. The number of benzene rings is 2. The summed E-state index contributed by atoms with van der Waals surface area (Å²) in [6.45, 7) is 7.32. The van der Waals surface area contributed by atoms with Crippen molar-refractivity contribution in [2.75, 3.05) is 57.2 Å². The lowest BCUT2D eigenvalue weighted by Gasteiger charge is -2.22. The molecule has 13 nitrogen and oxygen atoms in total. The van der Waals surface area contributed by atoms with Gasteiger partial charge >= 0.3 is 7.82 Å². The van der Waals surface area contributed by atoms with E-state index in [0.29, 0.717) is 54.0 Å². The molecule has 0 aliphatic rings. The van der Waals surface area contributed by atoms with Crippen molar-refractivity contribution in [3.63, 3.8) is 0 Å². The third kappa shape index (κ3) is 10.8. The number of aromatic amines is 1. The van der Waals surface area contributed by atoms with E-state index >= 15 is 0 Å². The third-order valence-corrected chi connectivity index (χ3v) is 8.35. The summed E-state index contributed by atoms with van der Waals surface area (Å²) in [5.74, 6) is 0.978. The lowest BCUT2D eigenvalue weighted by Crippen LogP contribution is -2.29. The number of likely N-dealkylation sites (N-methyl/N-ethyl adjacent to an activating group) is 1. The Morgan fingerprint density at radius 3 is 2.65 bits per heavy atom. The van der Waals surface area contributed by atoms with Gasteiger partial charge < -0.3 is 20.3 Å². The Kier molecular flexibility index (Phi) is 13.4. The molecule has 0 saturated heterocycles. The number of hydrogen-bond acceptors (Lipinski definition) is 11. The second-order valence-corrected chi connectivity index (χ2v) is 12.1. The summed E-state index contributed by atoms with van der Waals surface area (Å²) in [6.07, 6.45) is 3.98. The molecule has 0 aliphatic carbocycles. The molecule has 2 heterocycles. The minimum Gasteiger partial charge on any atom is -0.493 e. The lowest BCUT2D eigenvalue weighted by atomic mass is 10.2. The maximum atomic E-state index is 13.4. The number of amides is 1. The predicted molar refractivity (Wildman–Crippen MR) is 174 cm³/mol. The van der Waals surface area contributed by atoms with Crippen LogP contribution in [0.25, 0.3) is 10.9 Å². The predicted octanol–water partition coefficient (Wildman–Crippen LogP) is 6.10. The number of phosphoric ester groups is 1. The summed E-state index contributed by atoms with van der Waals surface area (Å²) in [7, 11) is -2.20. The standard InChI is InChI=1S/C31H41FN7O6P/c1-4-6-16-44-46(41,42-3)45-17-14-39(5-2)13-8-15-43-26-11-12-27-28(21-26)33-22-34-31(27)36-29-19-25(37-38-29)20-30(40)35-24-10-7-9-23(32)18-24/h7,9-12,18-19,21-22H,4-6,8,13-17,20H2,1-3H3,(H,35,40)(H2,33,34,36,37,38). The molecule has 1 atom stereocenters. The molecule has 0 aliphatic heterocycles. The van der Waals surface area contributed by atoms with E-state index in [9.17, 15) is 13.8 Å². The Hall–Kier alpha value is -3.94. The van der Waals surface area contributed by atoms with E-state index in [1.165, 1.54) is 31.6 Å². The molecule has 3 N–H and O–H groups in total. The van der Waals surface area contributed by atoms with Crippen LogP contribution < -0.4 is 15.4 Å². The smallest absolute Gasteiger partial charge is 0.474 e. The van der Waals surface area contributed by atoms with Gasteiger partial charge in [0.2, 0.25) is 5.91 Å². The first-order valence-electron chi connectivity index (χ1n) is 15.2. The number of nitrogens with one attached hydrogen (secondary N) is 3. The van der Waals surface area contributed by atoms with Gasteiger partial charge in [0, 0.05) is 49.1 Å². The first kappa shape index (κ1) is 34.9. The van der Waals surface area contributed by atoms with Gasteiger partial charge in [0.15, 0.2) is 5.82 Å². The van der Waals surface area contributed by atoms with Crippen LogP contribution in [0.4, 0.5) is 21.7 Å². The average molecular weight is 658 g/mol. The molecular weight excluding hydrogens is 616 g/mol. The van der Waals surface area contributed by atoms with Gasteiger partial charge in [0.25, 0.3) is 0 Å². The fourth-order valence-corrected chi connectivity index (χ4v) is 5.40. The van der Waals surface area contributed by atoms with Gasteiger partial charge in [-0.3, -0.25) is 23.5 Å². The summed E-state index contributed by atoms with van der Waals surface area (Å²) < 4.78 is 47.6. The average Bonchev–Trinajstić information content (AvgIpc) is 3.48. The summed E-state index contributed by atoms with van der Waals surface area (Å²) >= 11 is 0. The molecule has 4 rings (SSSR count). The minimum absolute atomic E-state index is 0.0319. The van der Waals surface area contributed by atoms with E-state index in [1.54, 1.807) is 12.1 Å². The molecule has 0 radical (unpaired) electrons. The minimum atomic E-state index is -3.52. The van der Waals surface area contributed by atoms with Gasteiger partial charge in [-0.25, -0.2) is 18.9 Å². The number of anilines is 3. The number of H-pyrrole nitrogens is 1. The zero-order valence-electron chi connectivity index (χ0n) is 26.3. The van der Waals surface area contributed by atoms with Crippen LogP contribution in [0.15, 0.2) is 54.9 Å². The Balaban J connectivity index is 1.23. The number of fused-ring (bicyclic) bond motifs is 1. The molecular formula is C31H41FN7O6P. The second-order valence-electron chi connectivity index (χ2n) is 10.3. The quantitative estimate of drug-likeness (QED) is 0.0747. The maximum absolute atomic E-state index is 13.4. The zero-order chi connectivity index (χ0) is 32.8.